The zero-order chi connectivity index (χ0) is 24.9. The Labute approximate surface area is 209 Å². The monoisotopic (exact) mass is 493 g/mol. The summed E-state index contributed by atoms with van der Waals surface area (Å²) in [5.41, 5.74) is 1.68. The summed E-state index contributed by atoms with van der Waals surface area (Å²) in [5, 5.41) is 0.908. The minimum atomic E-state index is -0.487. The summed E-state index contributed by atoms with van der Waals surface area (Å²) in [7, 11) is 1.32. The fourth-order valence-electron chi connectivity index (χ4n) is 4.75. The molecule has 0 radical (unpaired) electrons. The highest BCUT2D eigenvalue weighted by atomic mass is 32.2. The first-order valence-electron chi connectivity index (χ1n) is 12.0. The Morgan fingerprint density at radius 1 is 1.09 bits per heavy atom. The van der Waals surface area contributed by atoms with E-state index in [0.29, 0.717) is 34.6 Å². The lowest BCUT2D eigenvalue weighted by molar-refractivity contribution is -0.134. The van der Waals surface area contributed by atoms with Gasteiger partial charge in [-0.25, -0.2) is 9.78 Å². The first-order valence-corrected chi connectivity index (χ1v) is 13.0. The number of aryl methyl sites for hydroxylation is 1. The highest BCUT2D eigenvalue weighted by Crippen LogP contribution is 2.25. The molecule has 1 aromatic heterocycles. The Balaban J connectivity index is 1.66. The van der Waals surface area contributed by atoms with Gasteiger partial charge in [0.1, 0.15) is 0 Å². The number of hydrogen-bond acceptors (Lipinski definition) is 6. The predicted molar refractivity (Wildman–Crippen MR) is 138 cm³/mol. The molecule has 0 bridgehead atoms. The second kappa shape index (κ2) is 11.1. The lowest BCUT2D eigenvalue weighted by Gasteiger charge is -2.39. The lowest BCUT2D eigenvalue weighted by atomic mass is 9.98. The van der Waals surface area contributed by atoms with Crippen molar-refractivity contribution in [3.63, 3.8) is 0 Å². The molecule has 1 aliphatic rings. The summed E-state index contributed by atoms with van der Waals surface area (Å²) in [6.45, 7) is 4.63. The average molecular weight is 494 g/mol. The van der Waals surface area contributed by atoms with Crippen LogP contribution in [0, 0.1) is 0 Å². The third kappa shape index (κ3) is 5.59. The molecule has 35 heavy (non-hydrogen) atoms. The van der Waals surface area contributed by atoms with E-state index in [2.05, 4.69) is 13.8 Å². The quantitative estimate of drug-likeness (QED) is 0.277. The molecular formula is C27H31N3O4S. The molecule has 1 amide bonds. The summed E-state index contributed by atoms with van der Waals surface area (Å²) in [6.07, 6.45) is 3.81. The number of carbonyl (C=O) groups is 2. The molecule has 1 aliphatic heterocycles. The van der Waals surface area contributed by atoms with E-state index in [1.165, 1.54) is 18.9 Å². The molecule has 3 aromatic rings. The van der Waals surface area contributed by atoms with E-state index in [1.54, 1.807) is 22.8 Å². The van der Waals surface area contributed by atoms with Gasteiger partial charge in [0, 0.05) is 18.6 Å². The van der Waals surface area contributed by atoms with E-state index in [9.17, 15) is 14.4 Å². The summed E-state index contributed by atoms with van der Waals surface area (Å²) < 4.78 is 6.46. The number of fused-ring (bicyclic) bond motifs is 1. The average Bonchev–Trinajstić information content (AvgIpc) is 2.86. The van der Waals surface area contributed by atoms with Crippen LogP contribution in [0.25, 0.3) is 10.9 Å². The maximum absolute atomic E-state index is 13.5. The number of aromatic nitrogens is 2. The Hall–Kier alpha value is -3.13. The van der Waals surface area contributed by atoms with Gasteiger partial charge in [0.25, 0.3) is 5.56 Å². The normalized spacial score (nSPS) is 18.0. The first kappa shape index (κ1) is 25.0. The van der Waals surface area contributed by atoms with Gasteiger partial charge in [-0.3, -0.25) is 14.2 Å². The number of carbonyl (C=O) groups excluding carboxylic acids is 2. The van der Waals surface area contributed by atoms with E-state index in [-0.39, 0.29) is 29.3 Å². The number of ether oxygens (including phenoxy) is 1. The maximum Gasteiger partial charge on any atom is 0.337 e. The summed E-state index contributed by atoms with van der Waals surface area (Å²) >= 11 is 1.28. The highest BCUT2D eigenvalue weighted by molar-refractivity contribution is 7.99. The van der Waals surface area contributed by atoms with Crippen LogP contribution in [0.15, 0.2) is 58.5 Å². The van der Waals surface area contributed by atoms with Gasteiger partial charge < -0.3 is 9.64 Å². The number of hydrogen-bond donors (Lipinski definition) is 0. The van der Waals surface area contributed by atoms with Crippen molar-refractivity contribution in [3.8, 4) is 0 Å². The van der Waals surface area contributed by atoms with Gasteiger partial charge in [0.15, 0.2) is 5.16 Å². The SMILES string of the molecule is COC(=O)c1ccc2c(=O)n(CCc3ccccc3)c(SCC(=O)N3C(C)CCCC3C)nc2c1. The molecule has 1 saturated heterocycles. The molecule has 4 rings (SSSR count). The van der Waals surface area contributed by atoms with Crippen LogP contribution in [-0.4, -0.2) is 51.3 Å². The standard InChI is InChI=1S/C27H31N3O4S/c1-18-8-7-9-19(2)30(18)24(31)17-35-27-28-23-16-21(26(33)34-3)12-13-22(23)25(32)29(27)15-14-20-10-5-4-6-11-20/h4-6,10-13,16,18-19H,7-9,14-15,17H2,1-3H3. The number of methoxy groups -OCH3 is 1. The van der Waals surface area contributed by atoms with Crippen molar-refractivity contribution in [1.82, 2.24) is 14.5 Å². The Bertz CT molecular complexity index is 1260. The molecular weight excluding hydrogens is 462 g/mol. The molecule has 2 unspecified atom stereocenters. The maximum atomic E-state index is 13.5. The third-order valence-corrected chi connectivity index (χ3v) is 7.58. The summed E-state index contributed by atoms with van der Waals surface area (Å²) in [5.74, 6) is -0.226. The van der Waals surface area contributed by atoms with Gasteiger partial charge in [0.2, 0.25) is 5.91 Å². The van der Waals surface area contributed by atoms with Crippen molar-refractivity contribution >= 4 is 34.5 Å². The van der Waals surface area contributed by atoms with E-state index in [0.717, 1.165) is 24.8 Å². The molecule has 2 heterocycles. The van der Waals surface area contributed by atoms with E-state index in [4.69, 9.17) is 9.72 Å². The fourth-order valence-corrected chi connectivity index (χ4v) is 5.65. The Kier molecular flexibility index (Phi) is 7.90. The molecule has 2 atom stereocenters. The molecule has 0 saturated carbocycles. The van der Waals surface area contributed by atoms with E-state index >= 15 is 0 Å². The molecule has 8 heteroatoms. The van der Waals surface area contributed by atoms with Crippen LogP contribution < -0.4 is 5.56 Å². The van der Waals surface area contributed by atoms with Gasteiger partial charge in [0.05, 0.1) is 29.3 Å². The van der Waals surface area contributed by atoms with Crippen molar-refractivity contribution in [2.24, 2.45) is 0 Å². The van der Waals surface area contributed by atoms with Crippen molar-refractivity contribution in [1.29, 1.82) is 0 Å². The molecule has 2 aromatic carbocycles. The van der Waals surface area contributed by atoms with Gasteiger partial charge in [-0.2, -0.15) is 0 Å². The minimum Gasteiger partial charge on any atom is -0.465 e. The van der Waals surface area contributed by atoms with Gasteiger partial charge in [-0.05, 0) is 63.3 Å². The largest absolute Gasteiger partial charge is 0.465 e. The number of thioether (sulfide) groups is 1. The number of amides is 1. The lowest BCUT2D eigenvalue weighted by Crippen LogP contribution is -2.48. The zero-order valence-electron chi connectivity index (χ0n) is 20.4. The van der Waals surface area contributed by atoms with Crippen molar-refractivity contribution in [3.05, 3.63) is 70.0 Å². The van der Waals surface area contributed by atoms with E-state index < -0.39 is 5.97 Å². The predicted octanol–water partition coefficient (Wildman–Crippen LogP) is 4.31. The van der Waals surface area contributed by atoms with E-state index in [1.807, 2.05) is 35.2 Å². The van der Waals surface area contributed by atoms with Gasteiger partial charge >= 0.3 is 5.97 Å². The topological polar surface area (TPSA) is 81.5 Å². The van der Waals surface area contributed by atoms with Crippen LogP contribution in [0.2, 0.25) is 0 Å². The molecule has 0 aliphatic carbocycles. The van der Waals surface area contributed by atoms with Crippen molar-refractivity contribution in [2.75, 3.05) is 12.9 Å². The highest BCUT2D eigenvalue weighted by Gasteiger charge is 2.29. The van der Waals surface area contributed by atoms with Gasteiger partial charge in [-0.1, -0.05) is 42.1 Å². The summed E-state index contributed by atoms with van der Waals surface area (Å²) in [6, 6.07) is 15.1. The van der Waals surface area contributed by atoms with Crippen LogP contribution >= 0.6 is 11.8 Å². The Morgan fingerprint density at radius 3 is 2.49 bits per heavy atom. The number of esters is 1. The van der Waals surface area contributed by atoms with Crippen LogP contribution in [0.1, 0.15) is 49.0 Å². The molecule has 0 N–H and O–H groups in total. The second-order valence-corrected chi connectivity index (χ2v) is 9.97. The molecule has 184 valence electrons. The third-order valence-electron chi connectivity index (χ3n) is 6.61. The zero-order valence-corrected chi connectivity index (χ0v) is 21.2. The molecule has 1 fully saturated rings. The molecule has 0 spiro atoms. The van der Waals surface area contributed by atoms with Crippen molar-refractivity contribution in [2.45, 2.75) is 63.3 Å². The van der Waals surface area contributed by atoms with Gasteiger partial charge in [-0.15, -0.1) is 0 Å². The second-order valence-electron chi connectivity index (χ2n) is 9.03. The van der Waals surface area contributed by atoms with Crippen LogP contribution in [0.4, 0.5) is 0 Å². The van der Waals surface area contributed by atoms with Crippen LogP contribution in [0.5, 0.6) is 0 Å². The number of likely N-dealkylation sites (tertiary alicyclic amines) is 1. The Morgan fingerprint density at radius 2 is 1.80 bits per heavy atom. The summed E-state index contributed by atoms with van der Waals surface area (Å²) in [4.78, 5) is 45.3. The smallest absolute Gasteiger partial charge is 0.337 e. The number of benzene rings is 2. The minimum absolute atomic E-state index is 0.0574. The fraction of sp³-hybridized carbons (Fsp3) is 0.407. The number of nitrogens with zero attached hydrogens (tertiary/aromatic N) is 3. The number of rotatable bonds is 7. The van der Waals surface area contributed by atoms with Crippen molar-refractivity contribution < 1.29 is 14.3 Å². The number of piperidine rings is 1. The van der Waals surface area contributed by atoms with Crippen LogP contribution in [0.3, 0.4) is 0 Å². The molecule has 7 nitrogen and oxygen atoms in total. The first-order chi connectivity index (χ1) is 16.9. The van der Waals surface area contributed by atoms with Crippen LogP contribution in [-0.2, 0) is 22.5 Å².